The maximum absolute atomic E-state index is 11.8. The number of phenolic OH excluding ortho intramolecular Hbond substituents is 3. The second-order valence-electron chi connectivity index (χ2n) is 10.1. The molecular weight excluding hydrogens is 615 g/mol. The Balaban J connectivity index is 1.66. The van der Waals surface area contributed by atoms with Crippen LogP contribution >= 0.6 is 23.0 Å². The van der Waals surface area contributed by atoms with E-state index in [1.165, 1.54) is 0 Å². The Kier molecular flexibility index (Phi) is 5.66. The van der Waals surface area contributed by atoms with Crippen molar-refractivity contribution >= 4 is 72.1 Å². The van der Waals surface area contributed by atoms with Crippen LogP contribution in [0.5, 0.6) is 17.2 Å². The summed E-state index contributed by atoms with van der Waals surface area (Å²) in [6, 6.07) is 23.1. The maximum Gasteiger partial charge on any atom is 0.202 e. The van der Waals surface area contributed by atoms with E-state index in [0.29, 0.717) is 21.9 Å². The van der Waals surface area contributed by atoms with E-state index in [1.807, 2.05) is 115 Å². The molecular formula is C34H23IO5. The van der Waals surface area contributed by atoms with Gasteiger partial charge in [0.1, 0.15) is 39.9 Å². The lowest BCUT2D eigenvalue weighted by atomic mass is 9.84. The number of furan rings is 1. The molecule has 7 rings (SSSR count). The SMILES string of the molecule is CC1(OI)C=CC=CC(c2c3ccccc3c(-c3c(O)c(O)c4oc5ccccc5c4c3O)c3ccccc23)=C1. The minimum atomic E-state index is -0.615. The van der Waals surface area contributed by atoms with E-state index in [9.17, 15) is 15.3 Å². The zero-order valence-corrected chi connectivity index (χ0v) is 23.5. The van der Waals surface area contributed by atoms with Gasteiger partial charge in [-0.05, 0) is 57.8 Å². The van der Waals surface area contributed by atoms with Crippen LogP contribution < -0.4 is 0 Å². The average Bonchev–Trinajstić information content (AvgIpc) is 3.26. The summed E-state index contributed by atoms with van der Waals surface area (Å²) in [4.78, 5) is 0. The second kappa shape index (κ2) is 9.15. The molecule has 0 fully saturated rings. The van der Waals surface area contributed by atoms with E-state index in [0.717, 1.165) is 32.7 Å². The van der Waals surface area contributed by atoms with Gasteiger partial charge in [0, 0.05) is 10.9 Å². The fourth-order valence-electron chi connectivity index (χ4n) is 5.87. The third-order valence-electron chi connectivity index (χ3n) is 7.64. The number of allylic oxidation sites excluding steroid dienone is 4. The van der Waals surface area contributed by atoms with Crippen molar-refractivity contribution in [3.8, 4) is 28.4 Å². The zero-order valence-electron chi connectivity index (χ0n) is 21.4. The third kappa shape index (κ3) is 3.56. The molecule has 40 heavy (non-hydrogen) atoms. The fourth-order valence-corrected chi connectivity index (χ4v) is 6.14. The predicted octanol–water partition coefficient (Wildman–Crippen LogP) is 9.31. The molecule has 1 heterocycles. The zero-order chi connectivity index (χ0) is 27.6. The van der Waals surface area contributed by atoms with Crippen molar-refractivity contribution in [2.75, 3.05) is 0 Å². The second-order valence-corrected chi connectivity index (χ2v) is 10.6. The number of fused-ring (bicyclic) bond motifs is 5. The lowest BCUT2D eigenvalue weighted by molar-refractivity contribution is 0.277. The predicted molar refractivity (Wildman–Crippen MR) is 169 cm³/mol. The molecule has 0 amide bonds. The molecule has 6 heteroatoms. The summed E-state index contributed by atoms with van der Waals surface area (Å²) >= 11 is 1.93. The van der Waals surface area contributed by atoms with Gasteiger partial charge in [-0.3, -0.25) is 0 Å². The lowest BCUT2D eigenvalue weighted by Gasteiger charge is -2.22. The van der Waals surface area contributed by atoms with Crippen LogP contribution in [0.3, 0.4) is 0 Å². The van der Waals surface area contributed by atoms with E-state index in [-0.39, 0.29) is 16.9 Å². The summed E-state index contributed by atoms with van der Waals surface area (Å²) in [6.07, 6.45) is 10.1. The summed E-state index contributed by atoms with van der Waals surface area (Å²) < 4.78 is 11.7. The highest BCUT2D eigenvalue weighted by Crippen LogP contribution is 2.55. The Morgan fingerprint density at radius 2 is 1.25 bits per heavy atom. The monoisotopic (exact) mass is 638 g/mol. The number of rotatable bonds is 3. The Bertz CT molecular complexity index is 2040. The van der Waals surface area contributed by atoms with Gasteiger partial charge in [-0.1, -0.05) is 85.0 Å². The first-order valence-electron chi connectivity index (χ1n) is 12.8. The number of hydrogen-bond donors (Lipinski definition) is 3. The van der Waals surface area contributed by atoms with Crippen LogP contribution in [0.1, 0.15) is 12.5 Å². The molecule has 5 nitrogen and oxygen atoms in total. The molecule has 1 atom stereocenters. The minimum Gasteiger partial charge on any atom is -0.506 e. The normalized spacial score (nSPS) is 17.2. The first-order valence-corrected chi connectivity index (χ1v) is 13.7. The first-order chi connectivity index (χ1) is 19.4. The van der Waals surface area contributed by atoms with Crippen LogP contribution in [-0.2, 0) is 3.07 Å². The van der Waals surface area contributed by atoms with Crippen molar-refractivity contribution in [1.82, 2.24) is 0 Å². The molecule has 1 unspecified atom stereocenters. The molecule has 6 aromatic rings. The molecule has 0 bridgehead atoms. The standard InChI is InChI=1S/C34H23IO5/c1-34(40-35)17-9-8-10-19(18-34)26-20-11-2-4-13-22(20)27(23-14-5-3-12-21(23)26)29-30(36)28-24-15-6-7-16-25(24)39-33(28)32(38)31(29)37/h2-18,36-38H,1H3. The highest BCUT2D eigenvalue weighted by atomic mass is 127. The number of hydrogen-bond acceptors (Lipinski definition) is 5. The molecule has 3 N–H and O–H groups in total. The van der Waals surface area contributed by atoms with E-state index >= 15 is 0 Å². The van der Waals surface area contributed by atoms with Crippen LogP contribution in [0.15, 0.2) is 108 Å². The van der Waals surface area contributed by atoms with Crippen molar-refractivity contribution in [3.05, 3.63) is 109 Å². The number of benzene rings is 5. The lowest BCUT2D eigenvalue weighted by Crippen LogP contribution is -2.18. The van der Waals surface area contributed by atoms with Crippen molar-refractivity contribution in [2.45, 2.75) is 12.5 Å². The topological polar surface area (TPSA) is 83.1 Å². The molecule has 0 spiro atoms. The average molecular weight is 638 g/mol. The first kappa shape index (κ1) is 24.7. The largest absolute Gasteiger partial charge is 0.506 e. The van der Waals surface area contributed by atoms with Gasteiger partial charge in [0.15, 0.2) is 11.3 Å². The quantitative estimate of drug-likeness (QED) is 0.0779. The number of halogens is 1. The Morgan fingerprint density at radius 1 is 0.675 bits per heavy atom. The molecule has 0 aliphatic heterocycles. The van der Waals surface area contributed by atoms with Crippen LogP contribution in [0.25, 0.3) is 60.2 Å². The number of phenols is 3. The van der Waals surface area contributed by atoms with Gasteiger partial charge in [-0.15, -0.1) is 0 Å². The molecule has 1 aliphatic carbocycles. The van der Waals surface area contributed by atoms with Crippen LogP contribution in [0.4, 0.5) is 0 Å². The molecule has 1 aliphatic rings. The molecule has 196 valence electrons. The van der Waals surface area contributed by atoms with Gasteiger partial charge in [-0.25, -0.2) is 0 Å². The van der Waals surface area contributed by atoms with Crippen LogP contribution in [0, 0.1) is 0 Å². The maximum atomic E-state index is 11.8. The van der Waals surface area contributed by atoms with Gasteiger partial charge < -0.3 is 22.8 Å². The Hall–Kier alpha value is -4.27. The number of aromatic hydroxyl groups is 3. The smallest absolute Gasteiger partial charge is 0.202 e. The summed E-state index contributed by atoms with van der Waals surface area (Å²) in [5.74, 6) is -0.996. The van der Waals surface area contributed by atoms with Gasteiger partial charge in [0.25, 0.3) is 0 Å². The molecule has 0 radical (unpaired) electrons. The molecule has 1 aromatic heterocycles. The summed E-state index contributed by atoms with van der Waals surface area (Å²) in [6.45, 7) is 2.00. The van der Waals surface area contributed by atoms with Crippen molar-refractivity contribution in [1.29, 1.82) is 0 Å². The van der Waals surface area contributed by atoms with E-state index in [1.54, 1.807) is 6.07 Å². The fraction of sp³-hybridized carbons (Fsp3) is 0.0588. The summed E-state index contributed by atoms with van der Waals surface area (Å²) in [5.41, 5.74) is 2.70. The summed E-state index contributed by atoms with van der Waals surface area (Å²) in [5, 5.41) is 38.9. The van der Waals surface area contributed by atoms with Gasteiger partial charge in [0.2, 0.25) is 5.75 Å². The van der Waals surface area contributed by atoms with Crippen LogP contribution in [0.2, 0.25) is 0 Å². The van der Waals surface area contributed by atoms with E-state index in [4.69, 9.17) is 7.48 Å². The number of para-hydroxylation sites is 1. The van der Waals surface area contributed by atoms with Crippen LogP contribution in [-0.4, -0.2) is 20.9 Å². The molecule has 0 saturated carbocycles. The van der Waals surface area contributed by atoms with Gasteiger partial charge in [-0.2, -0.15) is 0 Å². The third-order valence-corrected chi connectivity index (χ3v) is 8.59. The minimum absolute atomic E-state index is 0.0458. The van der Waals surface area contributed by atoms with Crippen molar-refractivity contribution in [3.63, 3.8) is 0 Å². The van der Waals surface area contributed by atoms with E-state index in [2.05, 4.69) is 12.2 Å². The van der Waals surface area contributed by atoms with Crippen molar-refractivity contribution < 1.29 is 22.8 Å². The Morgan fingerprint density at radius 3 is 1.88 bits per heavy atom. The Labute approximate surface area is 243 Å². The summed E-state index contributed by atoms with van der Waals surface area (Å²) in [7, 11) is 0. The van der Waals surface area contributed by atoms with Crippen molar-refractivity contribution in [2.24, 2.45) is 0 Å². The molecule has 0 saturated heterocycles. The van der Waals surface area contributed by atoms with Gasteiger partial charge in [0.05, 0.1) is 10.9 Å². The highest BCUT2D eigenvalue weighted by molar-refractivity contribution is 14.1. The highest BCUT2D eigenvalue weighted by Gasteiger charge is 2.29. The van der Waals surface area contributed by atoms with Gasteiger partial charge >= 0.3 is 0 Å². The molecule has 5 aromatic carbocycles. The van der Waals surface area contributed by atoms with E-state index < -0.39 is 17.1 Å².